The molecule has 0 atom stereocenters. The second-order valence-corrected chi connectivity index (χ2v) is 9.45. The minimum Gasteiger partial charge on any atom is -0.870 e. The Kier molecular flexibility index (Phi) is 26.9. The molecule has 9 heteroatoms. The Morgan fingerprint density at radius 2 is 0.846 bits per heavy atom. The molecule has 2 N–H and O–H groups in total. The van der Waals surface area contributed by atoms with E-state index in [-0.39, 0.29) is 64.6 Å². The molecule has 0 heterocycles. The summed E-state index contributed by atoms with van der Waals surface area (Å²) in [4.78, 5) is 2.04. The normalized spacial score (nSPS) is 8.72. The van der Waals surface area contributed by atoms with Crippen LogP contribution in [-0.4, -0.2) is 19.0 Å². The first kappa shape index (κ1) is 40.3. The summed E-state index contributed by atoms with van der Waals surface area (Å²) in [5.41, 5.74) is 5.10. The van der Waals surface area contributed by atoms with Gasteiger partial charge in [0.05, 0.1) is 0 Å². The Morgan fingerprint density at radius 1 is 0.590 bits per heavy atom. The van der Waals surface area contributed by atoms with Gasteiger partial charge in [0, 0.05) is 30.5 Å². The van der Waals surface area contributed by atoms with Crippen molar-refractivity contribution in [3.05, 3.63) is 144 Å². The smallest absolute Gasteiger partial charge is 0.870 e. The molecule has 0 saturated carbocycles. The van der Waals surface area contributed by atoms with Crippen LogP contribution in [0, 0.1) is 0 Å². The predicted molar refractivity (Wildman–Crippen MR) is 168 cm³/mol. The Morgan fingerprint density at radius 3 is 1.10 bits per heavy atom. The van der Waals surface area contributed by atoms with E-state index in [4.69, 9.17) is 24.8 Å². The molecule has 0 aliphatic carbocycles. The second-order valence-electron chi connectivity index (χ2n) is 7.75. The van der Waals surface area contributed by atoms with E-state index in [9.17, 15) is 0 Å². The van der Waals surface area contributed by atoms with E-state index >= 15 is 0 Å². The Hall–Kier alpha value is -0.870. The summed E-state index contributed by atoms with van der Waals surface area (Å²) in [5, 5.41) is 3.42. The maximum atomic E-state index is 5.16. The van der Waals surface area contributed by atoms with Gasteiger partial charge in [-0.2, -0.15) is 0 Å². The molecule has 192 valence electrons. The van der Waals surface area contributed by atoms with Crippen molar-refractivity contribution < 1.29 is 64.6 Å². The van der Waals surface area contributed by atoms with Gasteiger partial charge in [0.1, 0.15) is 0 Å². The minimum absolute atomic E-state index is 0. The zero-order chi connectivity index (χ0) is 25.8. The van der Waals surface area contributed by atoms with Crippen molar-refractivity contribution in [3.63, 3.8) is 0 Å². The molecule has 0 amide bonds. The van der Waals surface area contributed by atoms with Crippen molar-refractivity contribution >= 4 is 57.9 Å². The third kappa shape index (κ3) is 19.0. The van der Waals surface area contributed by atoms with Crippen LogP contribution >= 0.6 is 36.7 Å². The number of benzene rings is 4. The standard InChI is InChI=1S/C15H15NS2.C14H15N.CS2.2Na.H2O/c17-15(18)16(11-13-7-3-1-4-8-13)12-14-9-5-2-6-10-14;1-3-7-13(8-4-1)11-15-12-14-9-5-2-6-10-14;2-1-3;;;/h1-10H,11-12H2,(H,17,18);1-10,15H,11-12H2;;;;1H2/q;;;2*+1;/p-2. The fraction of sp³-hybridized carbons (Fsp3) is 0.133. The third-order valence-electron chi connectivity index (χ3n) is 5.03. The Labute approximate surface area is 299 Å². The van der Waals surface area contributed by atoms with Crippen LogP contribution in [0.3, 0.4) is 0 Å². The summed E-state index contributed by atoms with van der Waals surface area (Å²) in [5.74, 6) is 0. The number of nitrogens with zero attached hydrogens (tertiary/aromatic N) is 1. The first-order chi connectivity index (χ1) is 17.6. The maximum absolute atomic E-state index is 5.16. The summed E-state index contributed by atoms with van der Waals surface area (Å²) in [6.07, 6.45) is 0. The molecule has 4 rings (SSSR count). The number of nitrogens with one attached hydrogen (secondary N) is 1. The monoisotopic (exact) mass is 608 g/mol. The molecular formula is C30H30N2Na2OS4. The van der Waals surface area contributed by atoms with E-state index < -0.39 is 0 Å². The number of hydrogen-bond acceptors (Lipinski definition) is 6. The number of thiocarbonyl (C=S) groups is 3. The molecule has 0 unspecified atom stereocenters. The average molecular weight is 609 g/mol. The van der Waals surface area contributed by atoms with E-state index in [1.807, 2.05) is 57.7 Å². The van der Waals surface area contributed by atoms with Gasteiger partial charge < -0.3 is 40.5 Å². The molecule has 3 nitrogen and oxygen atoms in total. The largest absolute Gasteiger partial charge is 1.00 e. The predicted octanol–water partition coefficient (Wildman–Crippen LogP) is 1.35. The maximum Gasteiger partial charge on any atom is 1.00 e. The van der Waals surface area contributed by atoms with Crippen molar-refractivity contribution in [1.82, 2.24) is 10.2 Å². The van der Waals surface area contributed by atoms with Gasteiger partial charge in [0.25, 0.3) is 0 Å². The second kappa shape index (κ2) is 26.1. The summed E-state index contributed by atoms with van der Waals surface area (Å²) >= 11 is 18.2. The molecule has 0 radical (unpaired) electrons. The van der Waals surface area contributed by atoms with Gasteiger partial charge in [0.15, 0.2) is 0 Å². The molecule has 0 bridgehead atoms. The van der Waals surface area contributed by atoms with Crippen LogP contribution in [0.15, 0.2) is 121 Å². The fourth-order valence-corrected chi connectivity index (χ4v) is 3.59. The molecule has 39 heavy (non-hydrogen) atoms. The molecule has 0 aliphatic heterocycles. The van der Waals surface area contributed by atoms with E-state index in [1.165, 1.54) is 22.3 Å². The first-order valence-electron chi connectivity index (χ1n) is 11.4. The van der Waals surface area contributed by atoms with Crippen LogP contribution in [0.1, 0.15) is 22.3 Å². The Bertz CT molecular complexity index is 1090. The topological polar surface area (TPSA) is 45.3 Å². The molecule has 4 aromatic carbocycles. The van der Waals surface area contributed by atoms with Gasteiger partial charge in [-0.3, -0.25) is 0 Å². The fourth-order valence-electron chi connectivity index (χ4n) is 3.34. The van der Waals surface area contributed by atoms with Gasteiger partial charge in [-0.1, -0.05) is 126 Å². The third-order valence-corrected chi connectivity index (χ3v) is 5.55. The van der Waals surface area contributed by atoms with Crippen molar-refractivity contribution in [2.75, 3.05) is 0 Å². The van der Waals surface area contributed by atoms with Crippen molar-refractivity contribution in [1.29, 1.82) is 0 Å². The van der Waals surface area contributed by atoms with Crippen molar-refractivity contribution in [2.45, 2.75) is 26.2 Å². The average Bonchev–Trinajstić information content (AvgIpc) is 2.92. The SMILES string of the molecule is S=C([S-])N(Cc1ccccc1)Cc1ccccc1.S=C=S.[Na+].[Na+].[OH-].c1ccc(CNCc2ccccc2)cc1. The van der Waals surface area contributed by atoms with E-state index in [2.05, 4.69) is 103 Å². The van der Waals surface area contributed by atoms with Crippen molar-refractivity contribution in [2.24, 2.45) is 0 Å². The molecular weight excluding hydrogens is 579 g/mol. The van der Waals surface area contributed by atoms with Crippen LogP contribution in [-0.2, 0) is 38.8 Å². The zero-order valence-corrected chi connectivity index (χ0v) is 29.7. The van der Waals surface area contributed by atoms with Crippen LogP contribution in [0.4, 0.5) is 0 Å². The Balaban J connectivity index is 0. The first-order valence-corrected chi connectivity index (χ1v) is 13.1. The van der Waals surface area contributed by atoms with Crippen LogP contribution in [0.5, 0.6) is 0 Å². The van der Waals surface area contributed by atoms with E-state index in [0.29, 0.717) is 4.32 Å². The molecule has 0 fully saturated rings. The van der Waals surface area contributed by atoms with Gasteiger partial charge in [-0.25, -0.2) is 0 Å². The molecule has 4 aromatic rings. The van der Waals surface area contributed by atoms with Gasteiger partial charge in [-0.05, 0) is 46.7 Å². The summed E-state index contributed by atoms with van der Waals surface area (Å²) in [6.45, 7) is 3.38. The van der Waals surface area contributed by atoms with E-state index in [0.717, 1.165) is 26.2 Å². The number of rotatable bonds is 8. The summed E-state index contributed by atoms with van der Waals surface area (Å²) < 4.78 is 2.43. The molecule has 0 spiro atoms. The summed E-state index contributed by atoms with van der Waals surface area (Å²) in [7, 11) is 0. The van der Waals surface area contributed by atoms with Crippen LogP contribution in [0.2, 0.25) is 0 Å². The molecule has 0 saturated heterocycles. The van der Waals surface area contributed by atoms with Gasteiger partial charge in [0.2, 0.25) is 0 Å². The minimum atomic E-state index is 0. The van der Waals surface area contributed by atoms with Gasteiger partial charge in [-0.15, -0.1) is 0 Å². The van der Waals surface area contributed by atoms with Crippen molar-refractivity contribution in [3.8, 4) is 0 Å². The van der Waals surface area contributed by atoms with E-state index in [1.54, 1.807) is 0 Å². The van der Waals surface area contributed by atoms with Crippen LogP contribution in [0.25, 0.3) is 0 Å². The van der Waals surface area contributed by atoms with Gasteiger partial charge >= 0.3 is 59.1 Å². The number of hydrogen-bond donors (Lipinski definition) is 1. The van der Waals surface area contributed by atoms with Crippen LogP contribution < -0.4 is 64.4 Å². The zero-order valence-electron chi connectivity index (χ0n) is 22.4. The summed E-state index contributed by atoms with van der Waals surface area (Å²) in [6, 6.07) is 41.4. The molecule has 0 aromatic heterocycles. The molecule has 0 aliphatic rings. The quantitative estimate of drug-likeness (QED) is 0.184.